The van der Waals surface area contributed by atoms with E-state index >= 15 is 0 Å². The number of hydrogen-bond donors (Lipinski definition) is 1. The van der Waals surface area contributed by atoms with Crippen molar-refractivity contribution < 1.29 is 5.21 Å². The van der Waals surface area contributed by atoms with Crippen LogP contribution in [0.3, 0.4) is 0 Å². The molecule has 13 heavy (non-hydrogen) atoms. The van der Waals surface area contributed by atoms with E-state index in [1.165, 1.54) is 32.1 Å². The summed E-state index contributed by atoms with van der Waals surface area (Å²) in [6.45, 7) is 5.35. The molecule has 1 saturated heterocycles. The van der Waals surface area contributed by atoms with Gasteiger partial charge >= 0.3 is 0 Å². The third-order valence-corrected chi connectivity index (χ3v) is 3.25. The lowest BCUT2D eigenvalue weighted by atomic mass is 9.87. The molecule has 0 bridgehead atoms. The summed E-state index contributed by atoms with van der Waals surface area (Å²) in [7, 11) is 0. The Morgan fingerprint density at radius 1 is 1.38 bits per heavy atom. The van der Waals surface area contributed by atoms with E-state index in [4.69, 9.17) is 0 Å². The average Bonchev–Trinajstić information content (AvgIpc) is 2.16. The number of hydrogen-bond acceptors (Lipinski definition) is 2. The number of nitrogens with zero attached hydrogens (tertiary/aromatic N) is 1. The Kier molecular flexibility index (Phi) is 4.74. The van der Waals surface area contributed by atoms with Gasteiger partial charge in [-0.1, -0.05) is 33.1 Å². The highest BCUT2D eigenvalue weighted by molar-refractivity contribution is 4.77. The van der Waals surface area contributed by atoms with Gasteiger partial charge in [0.1, 0.15) is 0 Å². The summed E-state index contributed by atoms with van der Waals surface area (Å²) in [6.07, 6.45) is 7.35. The summed E-state index contributed by atoms with van der Waals surface area (Å²) in [4.78, 5) is 0. The Labute approximate surface area is 81.9 Å². The number of piperidine rings is 1. The van der Waals surface area contributed by atoms with Gasteiger partial charge < -0.3 is 5.21 Å². The zero-order valence-electron chi connectivity index (χ0n) is 9.00. The first-order valence-corrected chi connectivity index (χ1v) is 5.75. The van der Waals surface area contributed by atoms with Gasteiger partial charge in [-0.15, -0.1) is 0 Å². The fourth-order valence-corrected chi connectivity index (χ4v) is 2.46. The Balaban J connectivity index is 2.44. The normalized spacial score (nSPS) is 27.5. The van der Waals surface area contributed by atoms with Crippen LogP contribution < -0.4 is 0 Å². The van der Waals surface area contributed by atoms with Crippen LogP contribution in [0, 0.1) is 5.92 Å². The summed E-state index contributed by atoms with van der Waals surface area (Å²) in [5.41, 5.74) is 0. The lowest BCUT2D eigenvalue weighted by molar-refractivity contribution is -0.158. The maximum atomic E-state index is 9.73. The van der Waals surface area contributed by atoms with Crippen molar-refractivity contribution in [1.82, 2.24) is 5.06 Å². The second-order valence-electron chi connectivity index (χ2n) is 4.18. The molecule has 2 atom stereocenters. The molecule has 1 aliphatic rings. The van der Waals surface area contributed by atoms with Crippen LogP contribution in [0.2, 0.25) is 0 Å². The molecule has 2 nitrogen and oxygen atoms in total. The molecule has 0 amide bonds. The van der Waals surface area contributed by atoms with Gasteiger partial charge in [0, 0.05) is 12.6 Å². The quantitative estimate of drug-likeness (QED) is 0.727. The van der Waals surface area contributed by atoms with Crippen LogP contribution in [0.4, 0.5) is 0 Å². The molecular formula is C11H23NO. The van der Waals surface area contributed by atoms with E-state index in [2.05, 4.69) is 13.8 Å². The topological polar surface area (TPSA) is 23.5 Å². The molecule has 1 rings (SSSR count). The molecule has 2 heteroatoms. The SMILES string of the molecule is CCCC(CC)C1CCCCN1O. The second kappa shape index (κ2) is 5.61. The first-order chi connectivity index (χ1) is 6.29. The van der Waals surface area contributed by atoms with Crippen molar-refractivity contribution in [2.45, 2.75) is 58.4 Å². The molecule has 1 N–H and O–H groups in total. The van der Waals surface area contributed by atoms with Crippen LogP contribution in [0.1, 0.15) is 52.4 Å². The van der Waals surface area contributed by atoms with Gasteiger partial charge in [-0.2, -0.15) is 5.06 Å². The van der Waals surface area contributed by atoms with E-state index in [1.807, 2.05) is 0 Å². The van der Waals surface area contributed by atoms with E-state index < -0.39 is 0 Å². The molecular weight excluding hydrogens is 162 g/mol. The van der Waals surface area contributed by atoms with Crippen molar-refractivity contribution in [2.24, 2.45) is 5.92 Å². The van der Waals surface area contributed by atoms with Gasteiger partial charge in [0.05, 0.1) is 0 Å². The second-order valence-corrected chi connectivity index (χ2v) is 4.18. The van der Waals surface area contributed by atoms with Gasteiger partial charge in [0.25, 0.3) is 0 Å². The van der Waals surface area contributed by atoms with E-state index in [0.29, 0.717) is 12.0 Å². The minimum absolute atomic E-state index is 0.443. The van der Waals surface area contributed by atoms with Gasteiger partial charge in [0.2, 0.25) is 0 Å². The Morgan fingerprint density at radius 3 is 2.69 bits per heavy atom. The van der Waals surface area contributed by atoms with Gasteiger partial charge in [-0.05, 0) is 25.2 Å². The lowest BCUT2D eigenvalue weighted by Gasteiger charge is -2.36. The van der Waals surface area contributed by atoms with Crippen molar-refractivity contribution in [2.75, 3.05) is 6.54 Å². The van der Waals surface area contributed by atoms with Crippen molar-refractivity contribution in [3.8, 4) is 0 Å². The van der Waals surface area contributed by atoms with Crippen LogP contribution in [0.15, 0.2) is 0 Å². The van der Waals surface area contributed by atoms with Crippen LogP contribution >= 0.6 is 0 Å². The molecule has 1 heterocycles. The van der Waals surface area contributed by atoms with Crippen LogP contribution in [-0.4, -0.2) is 22.9 Å². The Hall–Kier alpha value is -0.0800. The molecule has 1 fully saturated rings. The zero-order chi connectivity index (χ0) is 9.68. The molecule has 0 saturated carbocycles. The maximum Gasteiger partial charge on any atom is 0.0378 e. The molecule has 2 unspecified atom stereocenters. The summed E-state index contributed by atoms with van der Waals surface area (Å²) in [6, 6.07) is 0.443. The standard InChI is InChI=1S/C11H23NO/c1-3-7-10(4-2)11-8-5-6-9-12(11)13/h10-11,13H,3-9H2,1-2H3. The fraction of sp³-hybridized carbons (Fsp3) is 1.00. The largest absolute Gasteiger partial charge is 0.314 e. The highest BCUT2D eigenvalue weighted by Gasteiger charge is 2.27. The highest BCUT2D eigenvalue weighted by atomic mass is 16.5. The summed E-state index contributed by atoms with van der Waals surface area (Å²) in [5.74, 6) is 0.704. The van der Waals surface area contributed by atoms with Crippen LogP contribution in [0.5, 0.6) is 0 Å². The Bertz CT molecular complexity index is 138. The molecule has 0 aromatic rings. The van der Waals surface area contributed by atoms with Gasteiger partial charge in [-0.3, -0.25) is 0 Å². The fourth-order valence-electron chi connectivity index (χ4n) is 2.46. The number of rotatable bonds is 4. The molecule has 1 aliphatic heterocycles. The van der Waals surface area contributed by atoms with Crippen molar-refractivity contribution in [3.05, 3.63) is 0 Å². The zero-order valence-corrected chi connectivity index (χ0v) is 9.00. The van der Waals surface area contributed by atoms with Crippen molar-refractivity contribution in [3.63, 3.8) is 0 Å². The first-order valence-electron chi connectivity index (χ1n) is 5.75. The molecule has 0 radical (unpaired) electrons. The van der Waals surface area contributed by atoms with Gasteiger partial charge in [-0.25, -0.2) is 0 Å². The lowest BCUT2D eigenvalue weighted by Crippen LogP contribution is -2.41. The average molecular weight is 185 g/mol. The predicted octanol–water partition coefficient (Wildman–Crippen LogP) is 3.06. The summed E-state index contributed by atoms with van der Waals surface area (Å²) in [5, 5.41) is 11.3. The van der Waals surface area contributed by atoms with Crippen LogP contribution in [0.25, 0.3) is 0 Å². The molecule has 0 aromatic heterocycles. The van der Waals surface area contributed by atoms with E-state index in [1.54, 1.807) is 5.06 Å². The van der Waals surface area contributed by atoms with Gasteiger partial charge in [0.15, 0.2) is 0 Å². The van der Waals surface area contributed by atoms with Crippen molar-refractivity contribution >= 4 is 0 Å². The van der Waals surface area contributed by atoms with Crippen molar-refractivity contribution in [1.29, 1.82) is 0 Å². The van der Waals surface area contributed by atoms with E-state index in [0.717, 1.165) is 13.0 Å². The first kappa shape index (κ1) is 11.0. The minimum atomic E-state index is 0.443. The number of hydroxylamine groups is 2. The smallest absolute Gasteiger partial charge is 0.0378 e. The highest BCUT2D eigenvalue weighted by Crippen LogP contribution is 2.26. The third-order valence-electron chi connectivity index (χ3n) is 3.25. The predicted molar refractivity (Wildman–Crippen MR) is 54.8 cm³/mol. The summed E-state index contributed by atoms with van der Waals surface area (Å²) >= 11 is 0. The molecule has 78 valence electrons. The van der Waals surface area contributed by atoms with E-state index in [9.17, 15) is 5.21 Å². The Morgan fingerprint density at radius 2 is 2.15 bits per heavy atom. The third kappa shape index (κ3) is 2.96. The molecule has 0 aromatic carbocycles. The summed E-state index contributed by atoms with van der Waals surface area (Å²) < 4.78 is 0. The molecule has 0 aliphatic carbocycles. The molecule has 0 spiro atoms. The minimum Gasteiger partial charge on any atom is -0.314 e. The van der Waals surface area contributed by atoms with Crippen LogP contribution in [-0.2, 0) is 0 Å². The monoisotopic (exact) mass is 185 g/mol. The van der Waals surface area contributed by atoms with E-state index in [-0.39, 0.29) is 0 Å². The maximum absolute atomic E-state index is 9.73.